The predicted molar refractivity (Wildman–Crippen MR) is 260 cm³/mol. The molecule has 67 heavy (non-hydrogen) atoms. The number of aryl methyl sites for hydroxylation is 1. The third-order valence-corrected chi connectivity index (χ3v) is 13.8. The van der Waals surface area contributed by atoms with Crippen molar-refractivity contribution in [3.63, 3.8) is 0 Å². The molecule has 5 amide bonds. The van der Waals surface area contributed by atoms with Crippen molar-refractivity contribution in [1.82, 2.24) is 40.0 Å². The zero-order valence-electron chi connectivity index (χ0n) is 40.6. The lowest BCUT2D eigenvalue weighted by Gasteiger charge is -2.45. The number of urea groups is 1. The van der Waals surface area contributed by atoms with Gasteiger partial charge in [-0.2, -0.15) is 5.43 Å². The van der Waals surface area contributed by atoms with Crippen LogP contribution in [0.4, 0.5) is 4.79 Å². The quantitative estimate of drug-likeness (QED) is 0.0945. The summed E-state index contributed by atoms with van der Waals surface area (Å²) in [6.07, 6.45) is 5.07. The number of benzene rings is 1. The fourth-order valence-electron chi connectivity index (χ4n) is 9.23. The molecule has 3 aliphatic heterocycles. The number of allylic oxidation sites excluding steroid dienone is 2. The number of ether oxygens (including phenoxy) is 2. The number of cyclic esters (lactones) is 1. The van der Waals surface area contributed by atoms with Crippen LogP contribution in [0.1, 0.15) is 77.6 Å². The number of fused-ring (bicyclic) bond motifs is 6. The van der Waals surface area contributed by atoms with Gasteiger partial charge >= 0.3 is 12.0 Å². The summed E-state index contributed by atoms with van der Waals surface area (Å²) in [7, 11) is 4.81. The van der Waals surface area contributed by atoms with Gasteiger partial charge in [-0.15, -0.1) is 11.3 Å². The van der Waals surface area contributed by atoms with Crippen LogP contribution in [0.25, 0.3) is 27.7 Å². The van der Waals surface area contributed by atoms with Crippen molar-refractivity contribution < 1.29 is 38.6 Å². The number of carbonyl (C=O) groups excluding carboxylic acids is 5. The van der Waals surface area contributed by atoms with Gasteiger partial charge in [0, 0.05) is 99.3 Å². The minimum atomic E-state index is -2.25. The molecule has 5 heterocycles. The first-order chi connectivity index (χ1) is 31.7. The van der Waals surface area contributed by atoms with Gasteiger partial charge in [0.25, 0.3) is 5.91 Å². The molecule has 3 aromatic rings. The highest BCUT2D eigenvalue weighted by Gasteiger charge is 2.46. The summed E-state index contributed by atoms with van der Waals surface area (Å²) in [5, 5.41) is 19.4. The number of likely N-dealkylation sites (tertiary alicyclic amines) is 1. The van der Waals surface area contributed by atoms with E-state index in [9.17, 15) is 29.1 Å². The van der Waals surface area contributed by atoms with Crippen molar-refractivity contribution in [1.29, 1.82) is 0 Å². The molecule has 3 aliphatic rings. The first-order valence-electron chi connectivity index (χ1n) is 22.9. The Bertz CT molecular complexity index is 2470. The van der Waals surface area contributed by atoms with Crippen molar-refractivity contribution >= 4 is 63.7 Å². The van der Waals surface area contributed by atoms with Gasteiger partial charge in [0.05, 0.1) is 40.8 Å². The maximum absolute atomic E-state index is 14.6. The van der Waals surface area contributed by atoms with E-state index in [1.807, 2.05) is 59.1 Å². The average Bonchev–Trinajstić information content (AvgIpc) is 3.87. The van der Waals surface area contributed by atoms with Crippen LogP contribution in [0, 0.1) is 11.3 Å². The Balaban J connectivity index is 1.42. The molecule has 2 saturated heterocycles. The van der Waals surface area contributed by atoms with E-state index >= 15 is 0 Å². The molecule has 18 heteroatoms. The van der Waals surface area contributed by atoms with Crippen LogP contribution in [0.5, 0.6) is 0 Å². The van der Waals surface area contributed by atoms with Crippen molar-refractivity contribution in [2.75, 3.05) is 47.4 Å². The number of thiazole rings is 1. The highest BCUT2D eigenvalue weighted by Crippen LogP contribution is 2.40. The maximum Gasteiger partial charge on any atom is 0.355 e. The molecule has 3 N–H and O–H groups in total. The van der Waals surface area contributed by atoms with Crippen molar-refractivity contribution in [2.24, 2.45) is 16.3 Å². The summed E-state index contributed by atoms with van der Waals surface area (Å²) in [4.78, 5) is 83.3. The standard InChI is InChI=1S/C49H67N9O8S/c1-13-33(41(50-15-3)30(7)65-12)43-35-24-48(8,9)28-66-46(62)49(64)20-17-21-58(53-49)45(61)36(23-39-51-37(27-67-39)31-18-19-38(34(35)22-31)57(43)16-4)52-44(60)42(29(5)6)55(11)47(63)54(10)32-25-56(26-32)40(59)14-2/h13-15,18-19,22,27,29-30,32,36,42,53,64H,1-2,16-17,20-21,23-26,28H2,3-12H3,(H,52,60)/b41-33+,50-15-/t30-,36-,42-,49-/m0/s1. The highest BCUT2D eigenvalue weighted by molar-refractivity contribution is 7.10. The summed E-state index contributed by atoms with van der Waals surface area (Å²) in [5.41, 5.74) is 5.75. The Hall–Kier alpha value is -5.69. The second kappa shape index (κ2) is 20.7. The van der Waals surface area contributed by atoms with Crippen LogP contribution in [-0.4, -0.2) is 148 Å². The molecular formula is C49H67N9O8S. The van der Waals surface area contributed by atoms with E-state index in [-0.39, 0.29) is 56.4 Å². The first kappa shape index (κ1) is 50.7. The third kappa shape index (κ3) is 10.4. The molecule has 6 rings (SSSR count). The van der Waals surface area contributed by atoms with E-state index in [0.29, 0.717) is 42.5 Å². The number of hydrazine groups is 1. The zero-order chi connectivity index (χ0) is 49.1. The van der Waals surface area contributed by atoms with Gasteiger partial charge in [0.1, 0.15) is 12.1 Å². The number of esters is 1. The zero-order valence-corrected chi connectivity index (χ0v) is 41.4. The van der Waals surface area contributed by atoms with Gasteiger partial charge in [0.15, 0.2) is 0 Å². The molecule has 4 atom stereocenters. The maximum atomic E-state index is 14.6. The van der Waals surface area contributed by atoms with E-state index in [4.69, 9.17) is 19.5 Å². The second-order valence-corrected chi connectivity index (χ2v) is 19.7. The molecule has 1 aromatic carbocycles. The number of hydrogen-bond acceptors (Lipinski definition) is 12. The fraction of sp³-hybridized carbons (Fsp3) is 0.531. The third-order valence-electron chi connectivity index (χ3n) is 13.0. The molecular weight excluding hydrogens is 875 g/mol. The second-order valence-electron chi connectivity index (χ2n) is 18.7. The number of carbonyl (C=O) groups is 5. The minimum absolute atomic E-state index is 0.0257. The molecule has 2 fully saturated rings. The van der Waals surface area contributed by atoms with Crippen LogP contribution < -0.4 is 10.7 Å². The number of aliphatic hydroxyl groups is 1. The van der Waals surface area contributed by atoms with Gasteiger partial charge in [-0.25, -0.2) is 14.6 Å². The molecule has 0 aliphatic carbocycles. The summed E-state index contributed by atoms with van der Waals surface area (Å²) in [6, 6.07) is 3.29. The fourth-order valence-corrected chi connectivity index (χ4v) is 10.1. The SMILES string of the molecule is C=CC(=O)N1CC(N(C)C(=O)N(C)[C@H](C(=O)N[C@H]2Cc3nc(cs3)-c3ccc4c(c3)c(c(/C(C=C)=C(/N=C\C)[C@H](C)OC)n4CC)CC(C)(C)COC(=O)[C@@]3(O)CCCN(N3)C2=O)C(C)C)C1. The van der Waals surface area contributed by atoms with Gasteiger partial charge in [-0.05, 0) is 63.3 Å². The number of likely N-dealkylation sites (N-methyl/N-ethyl adjacent to an activating group) is 2. The van der Waals surface area contributed by atoms with Gasteiger partial charge in [-0.3, -0.25) is 24.4 Å². The largest absolute Gasteiger partial charge is 0.462 e. The molecule has 6 bridgehead atoms. The highest BCUT2D eigenvalue weighted by atomic mass is 32.1. The topological polar surface area (TPSA) is 191 Å². The summed E-state index contributed by atoms with van der Waals surface area (Å²) in [5.74, 6) is -2.71. The Morgan fingerprint density at radius 1 is 1.16 bits per heavy atom. The molecule has 0 spiro atoms. The number of aliphatic imine (C=N–C) groups is 1. The van der Waals surface area contributed by atoms with E-state index in [0.717, 1.165) is 33.3 Å². The monoisotopic (exact) mass is 941 g/mol. The molecule has 17 nitrogen and oxygen atoms in total. The van der Waals surface area contributed by atoms with Gasteiger partial charge < -0.3 is 39.2 Å². The lowest BCUT2D eigenvalue weighted by atomic mass is 9.84. The Kier molecular flexibility index (Phi) is 15.6. The number of amides is 5. The molecule has 2 aromatic heterocycles. The number of aromatic nitrogens is 2. The van der Waals surface area contributed by atoms with Crippen LogP contribution in [0.2, 0.25) is 0 Å². The first-order valence-corrected chi connectivity index (χ1v) is 23.8. The Morgan fingerprint density at radius 2 is 1.88 bits per heavy atom. The van der Waals surface area contributed by atoms with Gasteiger partial charge in [-0.1, -0.05) is 53.0 Å². The van der Waals surface area contributed by atoms with E-state index in [1.165, 1.54) is 32.2 Å². The summed E-state index contributed by atoms with van der Waals surface area (Å²) < 4.78 is 14.0. The van der Waals surface area contributed by atoms with Crippen molar-refractivity contribution in [3.8, 4) is 11.3 Å². The van der Waals surface area contributed by atoms with E-state index in [1.54, 1.807) is 32.3 Å². The predicted octanol–water partition coefficient (Wildman–Crippen LogP) is 5.18. The smallest absolute Gasteiger partial charge is 0.355 e. The Morgan fingerprint density at radius 3 is 2.51 bits per heavy atom. The van der Waals surface area contributed by atoms with E-state index < -0.39 is 47.0 Å². The summed E-state index contributed by atoms with van der Waals surface area (Å²) in [6.45, 7) is 22.6. The van der Waals surface area contributed by atoms with Crippen LogP contribution in [-0.2, 0) is 48.0 Å². The van der Waals surface area contributed by atoms with Crippen molar-refractivity contribution in [2.45, 2.75) is 111 Å². The van der Waals surface area contributed by atoms with Crippen LogP contribution >= 0.6 is 11.3 Å². The number of hydrogen-bond donors (Lipinski definition) is 3. The molecule has 0 unspecified atom stereocenters. The van der Waals surface area contributed by atoms with Crippen LogP contribution in [0.15, 0.2) is 59.6 Å². The lowest BCUT2D eigenvalue weighted by molar-refractivity contribution is -0.189. The number of nitrogens with one attached hydrogen (secondary N) is 2. The number of methoxy groups -OCH3 is 1. The molecule has 0 radical (unpaired) electrons. The number of rotatable bonds is 12. The van der Waals surface area contributed by atoms with Gasteiger partial charge in [0.2, 0.25) is 17.5 Å². The van der Waals surface area contributed by atoms with E-state index in [2.05, 4.69) is 47.5 Å². The van der Waals surface area contributed by atoms with Crippen LogP contribution in [0.3, 0.4) is 0 Å². The lowest BCUT2D eigenvalue weighted by Crippen LogP contribution is -2.67. The van der Waals surface area contributed by atoms with Crippen molar-refractivity contribution in [3.05, 3.63) is 70.9 Å². The normalized spacial score (nSPS) is 21.5. The molecule has 0 saturated carbocycles. The minimum Gasteiger partial charge on any atom is -0.462 e. The average molecular weight is 942 g/mol. The Labute approximate surface area is 397 Å². The molecule has 362 valence electrons. The summed E-state index contributed by atoms with van der Waals surface area (Å²) >= 11 is 1.34. The number of nitrogens with zero attached hydrogens (tertiary/aromatic N) is 7.